The second-order valence-corrected chi connectivity index (χ2v) is 8.95. The molecule has 0 spiro atoms. The van der Waals surface area contributed by atoms with Crippen LogP contribution in [0.1, 0.15) is 41.7 Å². The topological polar surface area (TPSA) is 42.3 Å². The minimum atomic E-state index is -0.251. The Morgan fingerprint density at radius 3 is 2.37 bits per heavy atom. The predicted molar refractivity (Wildman–Crippen MR) is 141 cm³/mol. The van der Waals surface area contributed by atoms with E-state index in [2.05, 4.69) is 39.7 Å². The summed E-state index contributed by atoms with van der Waals surface area (Å²) >= 11 is 5.86. The molecule has 7 heteroatoms. The van der Waals surface area contributed by atoms with Gasteiger partial charge in [-0.05, 0) is 105 Å². The molecule has 0 bridgehead atoms. The lowest BCUT2D eigenvalue weighted by molar-refractivity contribution is 0.340. The van der Waals surface area contributed by atoms with E-state index in [9.17, 15) is 4.39 Å². The molecular formula is C28H27FN4OS. The fraction of sp³-hybridized carbons (Fsp3) is 0.214. The highest BCUT2D eigenvalue weighted by atomic mass is 32.1. The number of rotatable bonds is 6. The summed E-state index contributed by atoms with van der Waals surface area (Å²) in [5, 5.41) is 4.16. The van der Waals surface area contributed by atoms with Gasteiger partial charge in [-0.1, -0.05) is 6.07 Å². The number of pyridine rings is 1. The van der Waals surface area contributed by atoms with Gasteiger partial charge < -0.3 is 19.5 Å². The normalized spacial score (nSPS) is 17.5. The van der Waals surface area contributed by atoms with E-state index in [0.29, 0.717) is 11.7 Å². The molecule has 2 aromatic heterocycles. The number of anilines is 1. The highest BCUT2D eigenvalue weighted by Crippen LogP contribution is 2.44. The lowest BCUT2D eigenvalue weighted by Gasteiger charge is -2.28. The molecule has 0 saturated carbocycles. The maximum Gasteiger partial charge on any atom is 0.174 e. The molecule has 0 aliphatic carbocycles. The van der Waals surface area contributed by atoms with Crippen LogP contribution >= 0.6 is 12.2 Å². The second kappa shape index (κ2) is 9.50. The SMILES string of the molecule is CCOc1ccc(N2C(=S)N[C@H](c3ccccn3)[C@@H]2c2cc(C)n(-c3ccc(F)cc3)c2C)cc1. The first-order valence-electron chi connectivity index (χ1n) is 11.7. The molecule has 5 rings (SSSR count). The zero-order chi connectivity index (χ0) is 24.5. The maximum atomic E-state index is 13.6. The zero-order valence-corrected chi connectivity index (χ0v) is 20.7. The van der Waals surface area contributed by atoms with Crippen LogP contribution in [0.5, 0.6) is 5.75 Å². The van der Waals surface area contributed by atoms with E-state index < -0.39 is 0 Å². The monoisotopic (exact) mass is 486 g/mol. The van der Waals surface area contributed by atoms with Crippen LogP contribution in [-0.4, -0.2) is 21.3 Å². The summed E-state index contributed by atoms with van der Waals surface area (Å²) < 4.78 is 21.4. The van der Waals surface area contributed by atoms with Gasteiger partial charge in [-0.2, -0.15) is 0 Å². The number of aromatic nitrogens is 2. The molecule has 0 unspecified atom stereocenters. The molecule has 1 N–H and O–H groups in total. The van der Waals surface area contributed by atoms with Crippen molar-refractivity contribution in [3.63, 3.8) is 0 Å². The number of nitrogens with one attached hydrogen (secondary N) is 1. The van der Waals surface area contributed by atoms with Gasteiger partial charge in [0.25, 0.3) is 0 Å². The summed E-state index contributed by atoms with van der Waals surface area (Å²) in [6.07, 6.45) is 1.80. The molecule has 5 nitrogen and oxygen atoms in total. The first-order chi connectivity index (χ1) is 17.0. The second-order valence-electron chi connectivity index (χ2n) is 8.56. The van der Waals surface area contributed by atoms with Crippen LogP contribution in [0.15, 0.2) is 79.0 Å². The van der Waals surface area contributed by atoms with Crippen LogP contribution in [0.2, 0.25) is 0 Å². The average molecular weight is 487 g/mol. The van der Waals surface area contributed by atoms with E-state index in [1.807, 2.05) is 49.4 Å². The third-order valence-electron chi connectivity index (χ3n) is 6.40. The number of aryl methyl sites for hydroxylation is 1. The van der Waals surface area contributed by atoms with Gasteiger partial charge >= 0.3 is 0 Å². The largest absolute Gasteiger partial charge is 0.494 e. The van der Waals surface area contributed by atoms with Crippen molar-refractivity contribution in [3.05, 3.63) is 107 Å². The predicted octanol–water partition coefficient (Wildman–Crippen LogP) is 6.20. The van der Waals surface area contributed by atoms with Gasteiger partial charge in [-0.25, -0.2) is 4.39 Å². The summed E-state index contributed by atoms with van der Waals surface area (Å²) in [6, 6.07) is 22.4. The van der Waals surface area contributed by atoms with Gasteiger partial charge in [0.05, 0.1) is 24.4 Å². The molecule has 2 atom stereocenters. The van der Waals surface area contributed by atoms with Crippen molar-refractivity contribution in [2.24, 2.45) is 0 Å². The van der Waals surface area contributed by atoms with E-state index in [4.69, 9.17) is 17.0 Å². The highest BCUT2D eigenvalue weighted by Gasteiger charge is 2.42. The Hall–Kier alpha value is -3.71. The minimum absolute atomic E-state index is 0.129. The molecule has 0 radical (unpaired) electrons. The molecule has 3 heterocycles. The van der Waals surface area contributed by atoms with E-state index >= 15 is 0 Å². The van der Waals surface area contributed by atoms with Crippen molar-refractivity contribution in [3.8, 4) is 11.4 Å². The summed E-state index contributed by atoms with van der Waals surface area (Å²) in [7, 11) is 0. The van der Waals surface area contributed by atoms with Gasteiger partial charge in [0.2, 0.25) is 0 Å². The number of nitrogens with zero attached hydrogens (tertiary/aromatic N) is 3. The van der Waals surface area contributed by atoms with Crippen LogP contribution in [0.3, 0.4) is 0 Å². The molecule has 1 aliphatic heterocycles. The molecule has 1 saturated heterocycles. The van der Waals surface area contributed by atoms with E-state index in [-0.39, 0.29) is 17.9 Å². The molecule has 178 valence electrons. The van der Waals surface area contributed by atoms with Crippen LogP contribution < -0.4 is 15.0 Å². The van der Waals surface area contributed by atoms with Gasteiger partial charge in [-0.3, -0.25) is 4.98 Å². The number of thiocarbonyl (C=S) groups is 1. The van der Waals surface area contributed by atoms with Crippen molar-refractivity contribution >= 4 is 23.0 Å². The molecular weight excluding hydrogens is 459 g/mol. The number of hydrogen-bond acceptors (Lipinski definition) is 3. The lowest BCUT2D eigenvalue weighted by Crippen LogP contribution is -2.29. The number of benzene rings is 2. The first kappa shape index (κ1) is 23.1. The Morgan fingerprint density at radius 1 is 1.00 bits per heavy atom. The molecule has 1 fully saturated rings. The van der Waals surface area contributed by atoms with Crippen molar-refractivity contribution in [1.29, 1.82) is 0 Å². The van der Waals surface area contributed by atoms with Gasteiger partial charge in [0, 0.05) is 29.0 Å². The van der Waals surface area contributed by atoms with Crippen LogP contribution in [0.4, 0.5) is 10.1 Å². The van der Waals surface area contributed by atoms with E-state index in [0.717, 1.165) is 39.8 Å². The minimum Gasteiger partial charge on any atom is -0.494 e. The van der Waals surface area contributed by atoms with Crippen LogP contribution in [0, 0.1) is 19.7 Å². The van der Waals surface area contributed by atoms with Crippen molar-refractivity contribution in [1.82, 2.24) is 14.9 Å². The molecule has 0 amide bonds. The summed E-state index contributed by atoms with van der Waals surface area (Å²) in [5.74, 6) is 0.570. The summed E-state index contributed by atoms with van der Waals surface area (Å²) in [4.78, 5) is 6.80. The first-order valence-corrected chi connectivity index (χ1v) is 12.1. The standard InChI is InChI=1S/C28H27FN4OS/c1-4-34-23-14-12-22(13-15-23)33-27(26(31-28(33)35)25-7-5-6-16-30-25)24-17-18(2)32(19(24)3)21-10-8-20(29)9-11-21/h5-17,26-27H,4H2,1-3H3,(H,31,35)/t26-,27+/m1/s1. The maximum absolute atomic E-state index is 13.6. The van der Waals surface area contributed by atoms with E-state index in [1.54, 1.807) is 18.3 Å². The Kier molecular flexibility index (Phi) is 6.26. The van der Waals surface area contributed by atoms with Crippen molar-refractivity contribution in [2.75, 3.05) is 11.5 Å². The lowest BCUT2D eigenvalue weighted by atomic mass is 9.96. The fourth-order valence-corrected chi connectivity index (χ4v) is 5.24. The van der Waals surface area contributed by atoms with Gasteiger partial charge in [0.1, 0.15) is 11.6 Å². The van der Waals surface area contributed by atoms with Gasteiger partial charge in [0.15, 0.2) is 5.11 Å². The number of hydrogen-bond donors (Lipinski definition) is 1. The highest BCUT2D eigenvalue weighted by molar-refractivity contribution is 7.80. The quantitative estimate of drug-likeness (QED) is 0.329. The summed E-state index contributed by atoms with van der Waals surface area (Å²) in [5.41, 5.74) is 6.07. The van der Waals surface area contributed by atoms with Crippen molar-refractivity contribution < 1.29 is 9.13 Å². The number of halogens is 1. The Labute approximate surface area is 210 Å². The number of ether oxygens (including phenoxy) is 1. The molecule has 35 heavy (non-hydrogen) atoms. The molecule has 1 aliphatic rings. The van der Waals surface area contributed by atoms with Crippen molar-refractivity contribution in [2.45, 2.75) is 32.9 Å². The molecule has 4 aromatic rings. The third kappa shape index (κ3) is 4.28. The Balaban J connectivity index is 1.63. The van der Waals surface area contributed by atoms with Gasteiger partial charge in [-0.15, -0.1) is 0 Å². The zero-order valence-electron chi connectivity index (χ0n) is 19.9. The smallest absolute Gasteiger partial charge is 0.174 e. The van der Waals surface area contributed by atoms with Crippen LogP contribution in [0.25, 0.3) is 5.69 Å². The molecule has 2 aromatic carbocycles. The average Bonchev–Trinajstić information content (AvgIpc) is 3.36. The Morgan fingerprint density at radius 2 is 1.71 bits per heavy atom. The fourth-order valence-electron chi connectivity index (χ4n) is 4.89. The van der Waals surface area contributed by atoms with Crippen LogP contribution in [-0.2, 0) is 0 Å². The van der Waals surface area contributed by atoms with E-state index in [1.165, 1.54) is 12.1 Å². The Bertz CT molecular complexity index is 1340. The summed E-state index contributed by atoms with van der Waals surface area (Å²) in [6.45, 7) is 6.75. The third-order valence-corrected chi connectivity index (χ3v) is 6.71.